The van der Waals surface area contributed by atoms with Crippen molar-refractivity contribution in [1.82, 2.24) is 10.0 Å². The highest BCUT2D eigenvalue weighted by molar-refractivity contribution is 7.89. The molecule has 1 fully saturated rings. The molecule has 0 bridgehead atoms. The monoisotopic (exact) mass is 258 g/mol. The lowest BCUT2D eigenvalue weighted by Crippen LogP contribution is -2.34. The van der Waals surface area contributed by atoms with Gasteiger partial charge in [0.25, 0.3) is 0 Å². The maximum atomic E-state index is 12.1. The molecule has 1 aromatic rings. The second kappa shape index (κ2) is 4.12. The number of furan rings is 1. The molecule has 0 atom stereocenters. The Morgan fingerprint density at radius 2 is 2.12 bits per heavy atom. The number of aryl methyl sites for hydroxylation is 1. The summed E-state index contributed by atoms with van der Waals surface area (Å²) < 4.78 is 32.4. The first-order valence-corrected chi connectivity index (χ1v) is 7.12. The van der Waals surface area contributed by atoms with E-state index in [1.54, 1.807) is 20.0 Å². The fraction of sp³-hybridized carbons (Fsp3) is 0.636. The first-order chi connectivity index (χ1) is 7.86. The van der Waals surface area contributed by atoms with Gasteiger partial charge in [-0.25, -0.2) is 13.1 Å². The fourth-order valence-electron chi connectivity index (χ4n) is 1.72. The highest BCUT2D eigenvalue weighted by atomic mass is 32.2. The van der Waals surface area contributed by atoms with E-state index in [0.717, 1.165) is 12.8 Å². The molecule has 0 aromatic carbocycles. The Kier molecular flexibility index (Phi) is 3.05. The van der Waals surface area contributed by atoms with E-state index in [1.807, 2.05) is 6.92 Å². The molecule has 2 N–H and O–H groups in total. The third-order valence-corrected chi connectivity index (χ3v) is 4.69. The number of hydrogen-bond donors (Lipinski definition) is 2. The van der Waals surface area contributed by atoms with Crippen LogP contribution in [0.2, 0.25) is 0 Å². The molecule has 0 radical (unpaired) electrons. The van der Waals surface area contributed by atoms with Gasteiger partial charge in [-0.3, -0.25) is 0 Å². The third-order valence-electron chi connectivity index (χ3n) is 2.94. The van der Waals surface area contributed by atoms with Gasteiger partial charge in [0.15, 0.2) is 0 Å². The quantitative estimate of drug-likeness (QED) is 0.830. The number of nitrogens with one attached hydrogen (secondary N) is 2. The molecule has 96 valence electrons. The first-order valence-electron chi connectivity index (χ1n) is 5.64. The molecular weight excluding hydrogens is 240 g/mol. The van der Waals surface area contributed by atoms with Crippen LogP contribution >= 0.6 is 0 Å². The summed E-state index contributed by atoms with van der Waals surface area (Å²) in [5, 5.41) is 2.93. The van der Waals surface area contributed by atoms with Gasteiger partial charge in [-0.15, -0.1) is 0 Å². The van der Waals surface area contributed by atoms with Gasteiger partial charge in [0.1, 0.15) is 16.4 Å². The van der Waals surface area contributed by atoms with Crippen LogP contribution in [0.5, 0.6) is 0 Å². The fourth-order valence-corrected chi connectivity index (χ4v) is 3.39. The summed E-state index contributed by atoms with van der Waals surface area (Å²) in [4.78, 5) is 0.246. The van der Waals surface area contributed by atoms with Gasteiger partial charge in [-0.1, -0.05) is 0 Å². The van der Waals surface area contributed by atoms with E-state index >= 15 is 0 Å². The molecule has 0 saturated heterocycles. The Hall–Kier alpha value is -0.850. The highest BCUT2D eigenvalue weighted by Crippen LogP contribution is 2.36. The second-order valence-electron chi connectivity index (χ2n) is 4.83. The average molecular weight is 258 g/mol. The molecule has 0 unspecified atom stereocenters. The van der Waals surface area contributed by atoms with Crippen molar-refractivity contribution < 1.29 is 12.8 Å². The molecule has 1 aliphatic carbocycles. The normalized spacial score (nSPS) is 18.3. The summed E-state index contributed by atoms with van der Waals surface area (Å²) in [6.45, 7) is 4.10. The number of hydrogen-bond acceptors (Lipinski definition) is 4. The van der Waals surface area contributed by atoms with E-state index in [4.69, 9.17) is 4.42 Å². The number of sulfonamides is 1. The third kappa shape index (κ3) is 2.70. The van der Waals surface area contributed by atoms with E-state index in [0.29, 0.717) is 18.1 Å². The zero-order valence-electron chi connectivity index (χ0n) is 10.3. The van der Waals surface area contributed by atoms with E-state index in [2.05, 4.69) is 10.0 Å². The molecular formula is C11H18N2O3S. The molecule has 6 heteroatoms. The maximum absolute atomic E-state index is 12.1. The second-order valence-corrected chi connectivity index (χ2v) is 6.48. The lowest BCUT2D eigenvalue weighted by atomic mass is 10.4. The Morgan fingerprint density at radius 3 is 2.65 bits per heavy atom. The average Bonchev–Trinajstić information content (AvgIpc) is 2.77. The van der Waals surface area contributed by atoms with Crippen molar-refractivity contribution in [2.45, 2.75) is 43.7 Å². The van der Waals surface area contributed by atoms with Crippen molar-refractivity contribution in [1.29, 1.82) is 0 Å². The van der Waals surface area contributed by atoms with Gasteiger partial charge >= 0.3 is 0 Å². The van der Waals surface area contributed by atoms with Gasteiger partial charge < -0.3 is 9.73 Å². The SMILES string of the molecule is CNCc1cc(S(=O)(=O)NC2(C)CC2)c(C)o1. The summed E-state index contributed by atoms with van der Waals surface area (Å²) in [6.07, 6.45) is 1.79. The summed E-state index contributed by atoms with van der Waals surface area (Å²) in [5.74, 6) is 1.07. The van der Waals surface area contributed by atoms with Crippen LogP contribution < -0.4 is 10.0 Å². The van der Waals surface area contributed by atoms with Crippen LogP contribution in [0.3, 0.4) is 0 Å². The lowest BCUT2D eigenvalue weighted by Gasteiger charge is -2.10. The summed E-state index contributed by atoms with van der Waals surface area (Å²) in [5.41, 5.74) is -0.258. The maximum Gasteiger partial charge on any atom is 0.244 e. The minimum Gasteiger partial charge on any atom is -0.464 e. The van der Waals surface area contributed by atoms with Gasteiger partial charge in [-0.05, 0) is 33.7 Å². The van der Waals surface area contributed by atoms with Gasteiger partial charge in [0.2, 0.25) is 10.0 Å². The Bertz CT molecular complexity index is 515. The van der Waals surface area contributed by atoms with E-state index < -0.39 is 10.0 Å². The summed E-state index contributed by atoms with van der Waals surface area (Å²) in [6, 6.07) is 1.58. The lowest BCUT2D eigenvalue weighted by molar-refractivity contribution is 0.465. The van der Waals surface area contributed by atoms with Crippen molar-refractivity contribution in [2.24, 2.45) is 0 Å². The number of rotatable bonds is 5. The topological polar surface area (TPSA) is 71.3 Å². The van der Waals surface area contributed by atoms with E-state index in [-0.39, 0.29) is 10.4 Å². The van der Waals surface area contributed by atoms with Crippen LogP contribution in [-0.2, 0) is 16.6 Å². The predicted molar refractivity (Wildman–Crippen MR) is 64.2 cm³/mol. The molecule has 0 aliphatic heterocycles. The Morgan fingerprint density at radius 1 is 1.47 bits per heavy atom. The van der Waals surface area contributed by atoms with Crippen molar-refractivity contribution in [3.63, 3.8) is 0 Å². The zero-order chi connectivity index (χ0) is 12.7. The molecule has 2 rings (SSSR count). The highest BCUT2D eigenvalue weighted by Gasteiger charge is 2.42. The van der Waals surface area contributed by atoms with Crippen molar-refractivity contribution in [3.05, 3.63) is 17.6 Å². The van der Waals surface area contributed by atoms with Gasteiger partial charge in [0, 0.05) is 11.6 Å². The Balaban J connectivity index is 2.26. The van der Waals surface area contributed by atoms with E-state index in [1.165, 1.54) is 0 Å². The molecule has 1 heterocycles. The molecule has 1 aliphatic rings. The summed E-state index contributed by atoms with van der Waals surface area (Å²) >= 11 is 0. The molecule has 5 nitrogen and oxygen atoms in total. The van der Waals surface area contributed by atoms with Crippen LogP contribution in [0.4, 0.5) is 0 Å². The van der Waals surface area contributed by atoms with Crippen LogP contribution in [0.15, 0.2) is 15.4 Å². The van der Waals surface area contributed by atoms with Crippen LogP contribution in [0, 0.1) is 6.92 Å². The van der Waals surface area contributed by atoms with Crippen LogP contribution in [-0.4, -0.2) is 21.0 Å². The van der Waals surface area contributed by atoms with Crippen LogP contribution in [0.1, 0.15) is 31.3 Å². The minimum absolute atomic E-state index is 0.246. The zero-order valence-corrected chi connectivity index (χ0v) is 11.1. The Labute approximate surface area is 102 Å². The molecule has 0 spiro atoms. The first kappa shape index (κ1) is 12.6. The molecule has 17 heavy (non-hydrogen) atoms. The van der Waals surface area contributed by atoms with Gasteiger partial charge in [-0.2, -0.15) is 0 Å². The predicted octanol–water partition coefficient (Wildman–Crippen LogP) is 1.14. The minimum atomic E-state index is -3.46. The van der Waals surface area contributed by atoms with Gasteiger partial charge in [0.05, 0.1) is 6.54 Å². The largest absolute Gasteiger partial charge is 0.464 e. The van der Waals surface area contributed by atoms with Crippen LogP contribution in [0.25, 0.3) is 0 Å². The molecule has 1 saturated carbocycles. The summed E-state index contributed by atoms with van der Waals surface area (Å²) in [7, 11) is -1.67. The van der Waals surface area contributed by atoms with Crippen molar-refractivity contribution >= 4 is 10.0 Å². The van der Waals surface area contributed by atoms with Crippen molar-refractivity contribution in [3.8, 4) is 0 Å². The standard InChI is InChI=1S/C11H18N2O3S/c1-8-10(6-9(16-8)7-12-3)17(14,15)13-11(2)4-5-11/h6,12-13H,4-5,7H2,1-3H3. The molecule has 0 amide bonds. The smallest absolute Gasteiger partial charge is 0.244 e. The molecule has 1 aromatic heterocycles. The van der Waals surface area contributed by atoms with E-state index in [9.17, 15) is 8.42 Å². The van der Waals surface area contributed by atoms with Crippen molar-refractivity contribution in [2.75, 3.05) is 7.05 Å².